The average molecular weight is 121 g/mol. The summed E-state index contributed by atoms with van der Waals surface area (Å²) >= 11 is 5.34. The van der Waals surface area contributed by atoms with E-state index >= 15 is 0 Å². The molecule has 1 unspecified atom stereocenters. The maximum atomic E-state index is 8.87. The van der Waals surface area contributed by atoms with Crippen LogP contribution in [0.15, 0.2) is 0 Å². The van der Waals surface area contributed by atoms with Gasteiger partial charge < -0.3 is 5.11 Å². The molecule has 2 heteroatoms. The third-order valence-electron chi connectivity index (χ3n) is 1.32. The molecule has 1 N–H and O–H groups in total. The highest BCUT2D eigenvalue weighted by Gasteiger charge is 2.28. The Kier molecular flexibility index (Phi) is 1.55. The monoisotopic (exact) mass is 120 g/mol. The molecule has 0 aromatic carbocycles. The largest absolute Gasteiger partial charge is 0.392 e. The molecule has 1 rings (SSSR count). The van der Waals surface area contributed by atoms with Gasteiger partial charge >= 0.3 is 0 Å². The van der Waals surface area contributed by atoms with Crippen molar-refractivity contribution in [1.82, 2.24) is 0 Å². The van der Waals surface area contributed by atoms with Gasteiger partial charge in [-0.15, -0.1) is 11.6 Å². The van der Waals surface area contributed by atoms with E-state index in [1.807, 2.05) is 0 Å². The van der Waals surface area contributed by atoms with Crippen LogP contribution >= 0.6 is 11.6 Å². The maximum Gasteiger partial charge on any atom is 0.0703 e. The minimum Gasteiger partial charge on any atom is -0.392 e. The van der Waals surface area contributed by atoms with Gasteiger partial charge in [0, 0.05) is 5.88 Å². The highest BCUT2D eigenvalue weighted by Crippen LogP contribution is 2.32. The van der Waals surface area contributed by atoms with Crippen LogP contribution < -0.4 is 0 Å². The number of halogens is 1. The molecule has 0 spiro atoms. The highest BCUT2D eigenvalue weighted by atomic mass is 35.5. The lowest BCUT2D eigenvalue weighted by Crippen LogP contribution is -2.09. The number of aliphatic hydroxyl groups excluding tert-OH is 1. The second-order valence-electron chi connectivity index (χ2n) is 2.06. The third kappa shape index (κ3) is 1.32. The Morgan fingerprint density at radius 2 is 2.29 bits per heavy atom. The fraction of sp³-hybridized carbons (Fsp3) is 1.00. The normalized spacial score (nSPS) is 24.9. The molecule has 7 heavy (non-hydrogen) atoms. The van der Waals surface area contributed by atoms with Gasteiger partial charge in [-0.25, -0.2) is 0 Å². The van der Waals surface area contributed by atoms with Gasteiger partial charge in [-0.05, 0) is 18.8 Å². The number of hydrogen-bond donors (Lipinski definition) is 1. The van der Waals surface area contributed by atoms with Crippen molar-refractivity contribution in [3.05, 3.63) is 0 Å². The molecule has 1 aliphatic carbocycles. The van der Waals surface area contributed by atoms with Crippen LogP contribution in [0, 0.1) is 5.92 Å². The van der Waals surface area contributed by atoms with Crippen LogP contribution in [0.1, 0.15) is 12.8 Å². The van der Waals surface area contributed by atoms with Crippen molar-refractivity contribution in [2.75, 3.05) is 5.88 Å². The van der Waals surface area contributed by atoms with Crippen LogP contribution in [0.4, 0.5) is 0 Å². The summed E-state index contributed by atoms with van der Waals surface area (Å²) in [5.74, 6) is 0.947. The van der Waals surface area contributed by atoms with Crippen molar-refractivity contribution in [2.24, 2.45) is 5.92 Å². The number of hydrogen-bond acceptors (Lipinski definition) is 1. The second-order valence-corrected chi connectivity index (χ2v) is 2.37. The van der Waals surface area contributed by atoms with Crippen molar-refractivity contribution in [3.8, 4) is 0 Å². The number of alkyl halides is 1. The Bertz CT molecular complexity index is 61.1. The van der Waals surface area contributed by atoms with Crippen molar-refractivity contribution in [1.29, 1.82) is 0 Å². The first kappa shape index (κ1) is 5.39. The van der Waals surface area contributed by atoms with Gasteiger partial charge in [0.05, 0.1) is 6.10 Å². The zero-order chi connectivity index (χ0) is 5.28. The van der Waals surface area contributed by atoms with E-state index in [9.17, 15) is 0 Å². The van der Waals surface area contributed by atoms with Crippen LogP contribution in [-0.4, -0.2) is 17.1 Å². The molecule has 1 fully saturated rings. The second kappa shape index (κ2) is 2.01. The van der Waals surface area contributed by atoms with Gasteiger partial charge in [0.15, 0.2) is 0 Å². The molecule has 0 radical (unpaired) electrons. The Morgan fingerprint density at radius 1 is 1.71 bits per heavy atom. The lowest BCUT2D eigenvalue weighted by molar-refractivity contribution is 0.174. The van der Waals surface area contributed by atoms with Crippen molar-refractivity contribution in [3.63, 3.8) is 0 Å². The van der Waals surface area contributed by atoms with Crippen LogP contribution in [0.3, 0.4) is 0 Å². The van der Waals surface area contributed by atoms with Crippen LogP contribution in [0.2, 0.25) is 0 Å². The van der Waals surface area contributed by atoms with E-state index in [-0.39, 0.29) is 6.10 Å². The SMILES string of the molecule is OC(CCl)C1CC1. The molecule has 42 valence electrons. The molecule has 0 bridgehead atoms. The van der Waals surface area contributed by atoms with E-state index in [0.29, 0.717) is 11.8 Å². The first-order valence-corrected chi connectivity index (χ1v) is 3.12. The molecule has 0 heterocycles. The molecule has 0 aromatic heterocycles. The molecule has 1 saturated carbocycles. The van der Waals surface area contributed by atoms with Crippen molar-refractivity contribution >= 4 is 11.6 Å². The number of aliphatic hydroxyl groups is 1. The summed E-state index contributed by atoms with van der Waals surface area (Å²) in [4.78, 5) is 0. The summed E-state index contributed by atoms with van der Waals surface area (Å²) in [5.41, 5.74) is 0. The average Bonchev–Trinajstić information content (AvgIpc) is 2.44. The first-order valence-electron chi connectivity index (χ1n) is 2.58. The molecular formula is C5H9ClO. The van der Waals surface area contributed by atoms with Gasteiger partial charge in [0.2, 0.25) is 0 Å². The Hall–Kier alpha value is 0.250. The summed E-state index contributed by atoms with van der Waals surface area (Å²) in [7, 11) is 0. The fourth-order valence-corrected chi connectivity index (χ4v) is 0.859. The van der Waals surface area contributed by atoms with Crippen LogP contribution in [-0.2, 0) is 0 Å². The van der Waals surface area contributed by atoms with E-state index < -0.39 is 0 Å². The van der Waals surface area contributed by atoms with E-state index in [0.717, 1.165) is 0 Å². The van der Waals surface area contributed by atoms with Gasteiger partial charge in [0.25, 0.3) is 0 Å². The predicted octanol–water partition coefficient (Wildman–Crippen LogP) is 0.996. The third-order valence-corrected chi connectivity index (χ3v) is 1.64. The standard InChI is InChI=1S/C5H9ClO/c6-3-5(7)4-1-2-4/h4-5,7H,1-3H2. The Morgan fingerprint density at radius 3 is 2.43 bits per heavy atom. The summed E-state index contributed by atoms with van der Waals surface area (Å²) in [6, 6.07) is 0. The predicted molar refractivity (Wildman–Crippen MR) is 29.5 cm³/mol. The summed E-state index contributed by atoms with van der Waals surface area (Å²) in [5, 5.41) is 8.87. The minimum atomic E-state index is -0.221. The fourth-order valence-electron chi connectivity index (χ4n) is 0.607. The molecule has 1 nitrogen and oxygen atoms in total. The quantitative estimate of drug-likeness (QED) is 0.539. The van der Waals surface area contributed by atoms with Crippen LogP contribution in [0.5, 0.6) is 0 Å². The lowest BCUT2D eigenvalue weighted by atomic mass is 10.3. The molecule has 1 atom stereocenters. The van der Waals surface area contributed by atoms with E-state index in [4.69, 9.17) is 16.7 Å². The Balaban J connectivity index is 2.10. The lowest BCUT2D eigenvalue weighted by Gasteiger charge is -1.99. The highest BCUT2D eigenvalue weighted by molar-refractivity contribution is 6.18. The van der Waals surface area contributed by atoms with Gasteiger partial charge in [-0.1, -0.05) is 0 Å². The Labute approximate surface area is 48.3 Å². The summed E-state index contributed by atoms with van der Waals surface area (Å²) < 4.78 is 0. The van der Waals surface area contributed by atoms with E-state index in [1.165, 1.54) is 12.8 Å². The maximum absolute atomic E-state index is 8.87. The zero-order valence-electron chi connectivity index (χ0n) is 4.10. The van der Waals surface area contributed by atoms with E-state index in [1.54, 1.807) is 0 Å². The number of rotatable bonds is 2. The molecule has 0 amide bonds. The smallest absolute Gasteiger partial charge is 0.0703 e. The zero-order valence-corrected chi connectivity index (χ0v) is 4.86. The molecule has 0 aromatic rings. The molecule has 0 aliphatic heterocycles. The van der Waals surface area contributed by atoms with Crippen molar-refractivity contribution in [2.45, 2.75) is 18.9 Å². The molecule has 0 saturated heterocycles. The first-order chi connectivity index (χ1) is 3.34. The van der Waals surface area contributed by atoms with Crippen LogP contribution in [0.25, 0.3) is 0 Å². The molecule has 1 aliphatic rings. The van der Waals surface area contributed by atoms with Gasteiger partial charge in [-0.3, -0.25) is 0 Å². The molecular weight excluding hydrogens is 112 g/mol. The minimum absolute atomic E-state index is 0.221. The topological polar surface area (TPSA) is 20.2 Å². The summed E-state index contributed by atoms with van der Waals surface area (Å²) in [6.45, 7) is 0. The summed E-state index contributed by atoms with van der Waals surface area (Å²) in [6.07, 6.45) is 2.13. The van der Waals surface area contributed by atoms with E-state index in [2.05, 4.69) is 0 Å². The van der Waals surface area contributed by atoms with Gasteiger partial charge in [-0.2, -0.15) is 0 Å². The van der Waals surface area contributed by atoms with Gasteiger partial charge in [0.1, 0.15) is 0 Å². The van der Waals surface area contributed by atoms with Crippen molar-refractivity contribution < 1.29 is 5.11 Å².